The predicted octanol–water partition coefficient (Wildman–Crippen LogP) is 3.59. The van der Waals surface area contributed by atoms with Gasteiger partial charge in [0.05, 0.1) is 17.3 Å². The zero-order valence-electron chi connectivity index (χ0n) is 9.76. The Balaban J connectivity index is 2.83. The van der Waals surface area contributed by atoms with Crippen LogP contribution in [-0.4, -0.2) is 18.3 Å². The molecule has 0 unspecified atom stereocenters. The average Bonchev–Trinajstić information content (AvgIpc) is 2.32. The van der Waals surface area contributed by atoms with E-state index >= 15 is 0 Å². The van der Waals surface area contributed by atoms with Crippen LogP contribution >= 0.6 is 27.5 Å². The Kier molecular flexibility index (Phi) is 5.55. The van der Waals surface area contributed by atoms with Gasteiger partial charge in [0.25, 0.3) is 0 Å². The molecule has 0 saturated carbocycles. The molecule has 98 valence electrons. The number of carbonyl (C=O) groups excluding carboxylic acids is 1. The van der Waals surface area contributed by atoms with E-state index < -0.39 is 11.8 Å². The minimum atomic E-state index is -0.541. The number of hydrogen-bond donors (Lipinski definition) is 1. The number of nitrogens with zero attached hydrogens (tertiary/aromatic N) is 1. The van der Waals surface area contributed by atoms with Gasteiger partial charge in [-0.2, -0.15) is 5.10 Å². The quantitative estimate of drug-likeness (QED) is 0.395. The van der Waals surface area contributed by atoms with Gasteiger partial charge in [0.15, 0.2) is 0 Å². The van der Waals surface area contributed by atoms with Crippen molar-refractivity contribution >= 4 is 44.9 Å². The highest BCUT2D eigenvalue weighted by Gasteiger charge is 2.08. The molecular weight excluding hydrogens is 326 g/mol. The van der Waals surface area contributed by atoms with Gasteiger partial charge >= 0.3 is 5.97 Å². The molecule has 0 atom stereocenters. The lowest BCUT2D eigenvalue weighted by Gasteiger charge is -2.06. The van der Waals surface area contributed by atoms with E-state index in [0.717, 1.165) is 0 Å². The second-order valence-electron chi connectivity index (χ2n) is 3.28. The zero-order valence-corrected chi connectivity index (χ0v) is 12.1. The largest absolute Gasteiger partial charge is 0.461 e. The smallest absolute Gasteiger partial charge is 0.354 e. The van der Waals surface area contributed by atoms with Crippen molar-refractivity contribution in [2.24, 2.45) is 5.10 Å². The Morgan fingerprint density at radius 1 is 1.61 bits per heavy atom. The topological polar surface area (TPSA) is 50.7 Å². The van der Waals surface area contributed by atoms with Crippen LogP contribution in [0.15, 0.2) is 21.7 Å². The number of ether oxygens (including phenoxy) is 1. The van der Waals surface area contributed by atoms with Gasteiger partial charge in [-0.3, -0.25) is 5.43 Å². The van der Waals surface area contributed by atoms with E-state index in [4.69, 9.17) is 16.3 Å². The lowest BCUT2D eigenvalue weighted by molar-refractivity contribution is -0.135. The monoisotopic (exact) mass is 336 g/mol. The molecule has 0 radical (unpaired) electrons. The summed E-state index contributed by atoms with van der Waals surface area (Å²) in [6.07, 6.45) is 0. The fourth-order valence-corrected chi connectivity index (χ4v) is 1.60. The summed E-state index contributed by atoms with van der Waals surface area (Å²) in [6, 6.07) is 2.57. The third-order valence-corrected chi connectivity index (χ3v) is 2.87. The fraction of sp³-hybridized carbons (Fsp3) is 0.273. The van der Waals surface area contributed by atoms with Gasteiger partial charge in [0.1, 0.15) is 11.5 Å². The Morgan fingerprint density at radius 2 is 2.28 bits per heavy atom. The van der Waals surface area contributed by atoms with Crippen LogP contribution in [0.2, 0.25) is 5.02 Å². The molecule has 0 spiro atoms. The summed E-state index contributed by atoms with van der Waals surface area (Å²) in [5.41, 5.74) is 3.21. The highest BCUT2D eigenvalue weighted by Crippen LogP contribution is 2.28. The summed E-state index contributed by atoms with van der Waals surface area (Å²) in [5.74, 6) is -1.06. The Labute approximate surface area is 117 Å². The van der Waals surface area contributed by atoms with Crippen molar-refractivity contribution in [3.8, 4) is 0 Å². The molecule has 18 heavy (non-hydrogen) atoms. The first-order valence-electron chi connectivity index (χ1n) is 5.07. The van der Waals surface area contributed by atoms with Crippen molar-refractivity contribution in [2.45, 2.75) is 13.8 Å². The molecule has 0 heterocycles. The first-order chi connectivity index (χ1) is 8.45. The first-order valence-corrected chi connectivity index (χ1v) is 6.24. The Bertz CT molecular complexity index is 494. The standard InChI is InChI=1S/C11H11BrClFN2O2/c1-3-18-11(17)6(2)15-16-10-5-8(13)9(14)4-7(10)12/h4-5,16H,3H2,1-2H3/b15-6+. The van der Waals surface area contributed by atoms with Crippen molar-refractivity contribution in [3.63, 3.8) is 0 Å². The lowest BCUT2D eigenvalue weighted by Crippen LogP contribution is -2.15. The number of benzene rings is 1. The van der Waals surface area contributed by atoms with Crippen molar-refractivity contribution in [2.75, 3.05) is 12.0 Å². The third-order valence-electron chi connectivity index (χ3n) is 1.92. The molecule has 0 aliphatic heterocycles. The van der Waals surface area contributed by atoms with Crippen molar-refractivity contribution in [1.29, 1.82) is 0 Å². The number of carbonyl (C=O) groups is 1. The van der Waals surface area contributed by atoms with Gasteiger partial charge < -0.3 is 4.74 Å². The van der Waals surface area contributed by atoms with Gasteiger partial charge in [0, 0.05) is 4.47 Å². The summed E-state index contributed by atoms with van der Waals surface area (Å²) in [5, 5.41) is 3.79. The van der Waals surface area contributed by atoms with Crippen LogP contribution in [0.3, 0.4) is 0 Å². The van der Waals surface area contributed by atoms with E-state index in [-0.39, 0.29) is 17.3 Å². The van der Waals surface area contributed by atoms with Gasteiger partial charge in [-0.25, -0.2) is 9.18 Å². The van der Waals surface area contributed by atoms with E-state index in [1.54, 1.807) is 6.92 Å². The minimum Gasteiger partial charge on any atom is -0.461 e. The number of rotatable bonds is 4. The Hall–Kier alpha value is -1.14. The molecule has 4 nitrogen and oxygen atoms in total. The molecule has 1 rings (SSSR count). The van der Waals surface area contributed by atoms with Crippen LogP contribution in [0, 0.1) is 5.82 Å². The predicted molar refractivity (Wildman–Crippen MR) is 72.5 cm³/mol. The van der Waals surface area contributed by atoms with Crippen LogP contribution in [0.1, 0.15) is 13.8 Å². The first kappa shape index (κ1) is 14.9. The van der Waals surface area contributed by atoms with Gasteiger partial charge in [0.2, 0.25) is 0 Å². The number of hydrogen-bond acceptors (Lipinski definition) is 4. The van der Waals surface area contributed by atoms with Crippen LogP contribution < -0.4 is 5.43 Å². The van der Waals surface area contributed by atoms with Gasteiger partial charge in [-0.1, -0.05) is 11.6 Å². The van der Waals surface area contributed by atoms with E-state index in [1.165, 1.54) is 19.1 Å². The van der Waals surface area contributed by atoms with E-state index in [9.17, 15) is 9.18 Å². The van der Waals surface area contributed by atoms with Crippen molar-refractivity contribution < 1.29 is 13.9 Å². The maximum atomic E-state index is 13.1. The molecule has 1 aromatic rings. The second kappa shape index (κ2) is 6.70. The third kappa shape index (κ3) is 3.96. The zero-order chi connectivity index (χ0) is 13.7. The van der Waals surface area contributed by atoms with Crippen LogP contribution in [0.4, 0.5) is 10.1 Å². The normalized spacial score (nSPS) is 11.3. The number of anilines is 1. The summed E-state index contributed by atoms with van der Waals surface area (Å²) in [6.45, 7) is 3.48. The van der Waals surface area contributed by atoms with Crippen LogP contribution in [-0.2, 0) is 9.53 Å². The Morgan fingerprint density at radius 3 is 2.89 bits per heavy atom. The molecule has 0 aromatic heterocycles. The van der Waals surface area contributed by atoms with E-state index in [1.807, 2.05) is 0 Å². The van der Waals surface area contributed by atoms with Crippen molar-refractivity contribution in [3.05, 3.63) is 27.4 Å². The number of nitrogens with one attached hydrogen (secondary N) is 1. The lowest BCUT2D eigenvalue weighted by atomic mass is 10.3. The second-order valence-corrected chi connectivity index (χ2v) is 4.54. The maximum absolute atomic E-state index is 13.1. The average molecular weight is 338 g/mol. The van der Waals surface area contributed by atoms with Crippen LogP contribution in [0.5, 0.6) is 0 Å². The molecule has 0 aliphatic carbocycles. The van der Waals surface area contributed by atoms with Gasteiger partial charge in [-0.15, -0.1) is 0 Å². The molecule has 0 saturated heterocycles. The maximum Gasteiger partial charge on any atom is 0.354 e. The number of halogens is 3. The minimum absolute atomic E-state index is 0.0373. The molecular formula is C11H11BrClFN2O2. The van der Waals surface area contributed by atoms with E-state index in [2.05, 4.69) is 26.5 Å². The molecule has 0 aliphatic rings. The summed E-state index contributed by atoms with van der Waals surface area (Å²) in [7, 11) is 0. The number of hydrazone groups is 1. The molecule has 1 N–H and O–H groups in total. The van der Waals surface area contributed by atoms with Crippen LogP contribution in [0.25, 0.3) is 0 Å². The molecule has 0 amide bonds. The molecule has 1 aromatic carbocycles. The highest BCUT2D eigenvalue weighted by molar-refractivity contribution is 9.10. The molecule has 0 fully saturated rings. The van der Waals surface area contributed by atoms with Gasteiger partial charge in [-0.05, 0) is 41.9 Å². The van der Waals surface area contributed by atoms with E-state index in [0.29, 0.717) is 10.2 Å². The summed E-state index contributed by atoms with van der Waals surface area (Å²) < 4.78 is 18.3. The summed E-state index contributed by atoms with van der Waals surface area (Å²) in [4.78, 5) is 11.3. The molecule has 0 bridgehead atoms. The molecule has 7 heteroatoms. The number of esters is 1. The SMILES string of the molecule is CCOC(=O)/C(C)=N/Nc1cc(Cl)c(F)cc1Br. The fourth-order valence-electron chi connectivity index (χ4n) is 1.03. The highest BCUT2D eigenvalue weighted by atomic mass is 79.9. The van der Waals surface area contributed by atoms with Crippen molar-refractivity contribution in [1.82, 2.24) is 0 Å². The summed E-state index contributed by atoms with van der Waals surface area (Å²) >= 11 is 8.79.